The van der Waals surface area contributed by atoms with Gasteiger partial charge in [-0.25, -0.2) is 18.0 Å². The van der Waals surface area contributed by atoms with Gasteiger partial charge in [-0.15, -0.1) is 0 Å². The van der Waals surface area contributed by atoms with Crippen molar-refractivity contribution in [3.8, 4) is 5.75 Å². The first-order valence-electron chi connectivity index (χ1n) is 12.2. The zero-order chi connectivity index (χ0) is 28.7. The summed E-state index contributed by atoms with van der Waals surface area (Å²) in [7, 11) is -4.43. The number of para-hydroxylation sites is 2. The number of ketones is 1. The Kier molecular flexibility index (Phi) is 7.71. The third kappa shape index (κ3) is 5.85. The van der Waals surface area contributed by atoms with Crippen LogP contribution in [0.2, 0.25) is 0 Å². The molecule has 0 aromatic heterocycles. The van der Waals surface area contributed by atoms with Crippen molar-refractivity contribution >= 4 is 33.4 Å². The molecule has 9 nitrogen and oxygen atoms in total. The lowest BCUT2D eigenvalue weighted by atomic mass is 9.87. The molecule has 206 valence electrons. The van der Waals surface area contributed by atoms with E-state index in [1.807, 2.05) is 6.92 Å². The minimum atomic E-state index is -4.43. The standard InChI is InChI=1S/C28H35NO8S/c1-18-13-15-20(16-14-18)38(33,34)29-21-11-9-10-12-22(21)35-28(23(29)17-19(2)30,24(31)36-26(3,4)5)25(32)37-27(6,7)8/h9-16,23H,17H2,1-8H3/t23-/m1/s1. The molecule has 0 saturated heterocycles. The van der Waals surface area contributed by atoms with Crippen LogP contribution in [0.3, 0.4) is 0 Å². The highest BCUT2D eigenvalue weighted by Crippen LogP contribution is 2.46. The van der Waals surface area contributed by atoms with Gasteiger partial charge in [0.1, 0.15) is 28.8 Å². The van der Waals surface area contributed by atoms with Gasteiger partial charge in [-0.05, 0) is 79.7 Å². The Labute approximate surface area is 224 Å². The predicted octanol–water partition coefficient (Wildman–Crippen LogP) is 4.35. The second kappa shape index (κ2) is 10.1. The van der Waals surface area contributed by atoms with Crippen molar-refractivity contribution in [2.24, 2.45) is 0 Å². The minimum Gasteiger partial charge on any atom is -0.460 e. The summed E-state index contributed by atoms with van der Waals surface area (Å²) in [6, 6.07) is 10.6. The fourth-order valence-electron chi connectivity index (χ4n) is 4.07. The van der Waals surface area contributed by atoms with Gasteiger partial charge in [-0.3, -0.25) is 9.10 Å². The molecule has 0 spiro atoms. The molecule has 1 heterocycles. The van der Waals surface area contributed by atoms with Gasteiger partial charge in [0, 0.05) is 6.42 Å². The van der Waals surface area contributed by atoms with Crippen LogP contribution in [0.15, 0.2) is 53.4 Å². The Morgan fingerprint density at radius 1 is 0.895 bits per heavy atom. The first kappa shape index (κ1) is 29.2. The van der Waals surface area contributed by atoms with Crippen molar-refractivity contribution in [2.45, 2.75) is 89.6 Å². The number of benzene rings is 2. The van der Waals surface area contributed by atoms with Gasteiger partial charge in [-0.2, -0.15) is 0 Å². The number of nitrogens with zero attached hydrogens (tertiary/aromatic N) is 1. The van der Waals surface area contributed by atoms with Crippen molar-refractivity contribution < 1.29 is 37.0 Å². The van der Waals surface area contributed by atoms with Crippen LogP contribution >= 0.6 is 0 Å². The van der Waals surface area contributed by atoms with Gasteiger partial charge in [0.15, 0.2) is 0 Å². The summed E-state index contributed by atoms with van der Waals surface area (Å²) in [5.74, 6) is -2.86. The van der Waals surface area contributed by atoms with Crippen LogP contribution < -0.4 is 9.04 Å². The molecule has 1 atom stereocenters. The average Bonchev–Trinajstić information content (AvgIpc) is 2.75. The van der Waals surface area contributed by atoms with E-state index >= 15 is 0 Å². The summed E-state index contributed by atoms with van der Waals surface area (Å²) < 4.78 is 46.7. The van der Waals surface area contributed by atoms with Gasteiger partial charge in [0.05, 0.1) is 10.6 Å². The highest BCUT2D eigenvalue weighted by atomic mass is 32.2. The summed E-state index contributed by atoms with van der Waals surface area (Å²) in [6.07, 6.45) is -0.530. The topological polar surface area (TPSA) is 116 Å². The molecule has 1 aliphatic heterocycles. The molecule has 0 bridgehead atoms. The summed E-state index contributed by atoms with van der Waals surface area (Å²) in [6.45, 7) is 12.7. The molecule has 0 saturated carbocycles. The van der Waals surface area contributed by atoms with E-state index in [9.17, 15) is 22.8 Å². The monoisotopic (exact) mass is 545 g/mol. The number of ether oxygens (including phenoxy) is 3. The van der Waals surface area contributed by atoms with Gasteiger partial charge < -0.3 is 14.2 Å². The van der Waals surface area contributed by atoms with Gasteiger partial charge in [-0.1, -0.05) is 29.8 Å². The Bertz CT molecular complexity index is 1310. The van der Waals surface area contributed by atoms with E-state index in [2.05, 4.69) is 0 Å². The Morgan fingerprint density at radius 3 is 1.87 bits per heavy atom. The van der Waals surface area contributed by atoms with E-state index in [4.69, 9.17) is 14.2 Å². The van der Waals surface area contributed by atoms with Crippen LogP contribution in [0.25, 0.3) is 0 Å². The summed E-state index contributed by atoms with van der Waals surface area (Å²) in [5, 5.41) is 0. The van der Waals surface area contributed by atoms with Crippen molar-refractivity contribution in [3.63, 3.8) is 0 Å². The zero-order valence-electron chi connectivity index (χ0n) is 23.0. The molecule has 0 N–H and O–H groups in total. The molecule has 1 aliphatic rings. The van der Waals surface area contributed by atoms with Crippen LogP contribution in [0, 0.1) is 6.92 Å². The molecule has 0 radical (unpaired) electrons. The van der Waals surface area contributed by atoms with E-state index < -0.39 is 57.0 Å². The van der Waals surface area contributed by atoms with Crippen LogP contribution in [0.1, 0.15) is 60.5 Å². The molecule has 0 unspecified atom stereocenters. The maximum absolute atomic E-state index is 14.2. The van der Waals surface area contributed by atoms with Crippen molar-refractivity contribution in [2.75, 3.05) is 4.31 Å². The fourth-order valence-corrected chi connectivity index (χ4v) is 5.74. The minimum absolute atomic E-state index is 0.0558. The predicted molar refractivity (Wildman–Crippen MR) is 141 cm³/mol. The lowest BCUT2D eigenvalue weighted by molar-refractivity contribution is -0.195. The van der Waals surface area contributed by atoms with Crippen LogP contribution in [-0.4, -0.2) is 49.0 Å². The Morgan fingerprint density at radius 2 is 1.39 bits per heavy atom. The highest BCUT2D eigenvalue weighted by Gasteiger charge is 2.66. The van der Waals surface area contributed by atoms with Gasteiger partial charge in [0.25, 0.3) is 10.0 Å². The molecule has 2 aromatic carbocycles. The first-order chi connectivity index (χ1) is 17.4. The normalized spacial score (nSPS) is 17.2. The molecular weight excluding hydrogens is 510 g/mol. The van der Waals surface area contributed by atoms with E-state index in [0.717, 1.165) is 9.87 Å². The number of aryl methyl sites for hydroxylation is 1. The van der Waals surface area contributed by atoms with E-state index in [-0.39, 0.29) is 16.3 Å². The molecule has 0 amide bonds. The lowest BCUT2D eigenvalue weighted by Crippen LogP contribution is -2.70. The maximum Gasteiger partial charge on any atom is 0.365 e. The number of sulfonamides is 1. The van der Waals surface area contributed by atoms with Gasteiger partial charge >= 0.3 is 17.5 Å². The zero-order valence-corrected chi connectivity index (χ0v) is 23.8. The molecule has 3 rings (SSSR count). The molecule has 0 aliphatic carbocycles. The van der Waals surface area contributed by atoms with Crippen molar-refractivity contribution in [1.82, 2.24) is 0 Å². The Balaban J connectivity index is 2.40. The van der Waals surface area contributed by atoms with E-state index in [1.54, 1.807) is 65.8 Å². The number of esters is 2. The number of rotatable bonds is 6. The molecular formula is C28H35NO8S. The van der Waals surface area contributed by atoms with E-state index in [0.29, 0.717) is 0 Å². The van der Waals surface area contributed by atoms with Crippen molar-refractivity contribution in [3.05, 3.63) is 54.1 Å². The second-order valence-corrected chi connectivity index (χ2v) is 13.2. The average molecular weight is 546 g/mol. The number of fused-ring (bicyclic) bond motifs is 1. The summed E-state index contributed by atoms with van der Waals surface area (Å²) in [5.41, 5.74) is -3.88. The lowest BCUT2D eigenvalue weighted by Gasteiger charge is -2.47. The smallest absolute Gasteiger partial charge is 0.365 e. The summed E-state index contributed by atoms with van der Waals surface area (Å²) >= 11 is 0. The number of Topliss-reactive ketones (excluding diaryl/α,β-unsaturated/α-hetero) is 1. The number of carbonyl (C=O) groups is 3. The summed E-state index contributed by atoms with van der Waals surface area (Å²) in [4.78, 5) is 40.4. The maximum atomic E-state index is 14.2. The van der Waals surface area contributed by atoms with E-state index in [1.165, 1.54) is 31.2 Å². The highest BCUT2D eigenvalue weighted by molar-refractivity contribution is 7.92. The van der Waals surface area contributed by atoms with Crippen LogP contribution in [0.5, 0.6) is 5.75 Å². The molecule has 10 heteroatoms. The number of carbonyl (C=O) groups excluding carboxylic acids is 3. The van der Waals surface area contributed by atoms with Crippen LogP contribution in [-0.2, 0) is 33.9 Å². The first-order valence-corrected chi connectivity index (χ1v) is 13.7. The third-order valence-electron chi connectivity index (χ3n) is 5.59. The largest absolute Gasteiger partial charge is 0.460 e. The molecule has 2 aromatic rings. The number of anilines is 1. The SMILES string of the molecule is CC(=O)C[C@H]1N(S(=O)(=O)c2ccc(C)cc2)c2ccccc2OC1(C(=O)OC(C)(C)C)C(=O)OC(C)(C)C. The molecule has 38 heavy (non-hydrogen) atoms. The van der Waals surface area contributed by atoms with Gasteiger partial charge in [0.2, 0.25) is 0 Å². The number of hydrogen-bond donors (Lipinski definition) is 0. The fraction of sp³-hybridized carbons (Fsp3) is 0.464. The molecule has 0 fully saturated rings. The quantitative estimate of drug-likeness (QED) is 0.389. The Hall–Kier alpha value is -3.40. The van der Waals surface area contributed by atoms with Crippen molar-refractivity contribution in [1.29, 1.82) is 0 Å². The second-order valence-electron chi connectivity index (χ2n) is 11.3. The van der Waals surface area contributed by atoms with Crippen LogP contribution in [0.4, 0.5) is 5.69 Å². The third-order valence-corrected chi connectivity index (χ3v) is 7.43. The number of hydrogen-bond acceptors (Lipinski definition) is 8.